The number of aromatic nitrogens is 2. The number of rotatable bonds is 2. The summed E-state index contributed by atoms with van der Waals surface area (Å²) < 4.78 is 7.84. The molecular formula is C11H18BrN3O2. The SMILES string of the molecule is CN(Cc1nn(C)cc1Br)C(=O)OC(C)(C)C. The number of hydrogen-bond acceptors (Lipinski definition) is 3. The van der Waals surface area contributed by atoms with Gasteiger partial charge in [-0.25, -0.2) is 4.79 Å². The van der Waals surface area contributed by atoms with Crippen molar-refractivity contribution in [3.05, 3.63) is 16.4 Å². The summed E-state index contributed by atoms with van der Waals surface area (Å²) in [6, 6.07) is 0. The number of hydrogen-bond donors (Lipinski definition) is 0. The highest BCUT2D eigenvalue weighted by Crippen LogP contribution is 2.17. The molecule has 6 heteroatoms. The van der Waals surface area contributed by atoms with E-state index in [0.717, 1.165) is 10.2 Å². The van der Waals surface area contributed by atoms with Crippen molar-refractivity contribution in [1.82, 2.24) is 14.7 Å². The maximum Gasteiger partial charge on any atom is 0.410 e. The number of nitrogens with zero attached hydrogens (tertiary/aromatic N) is 3. The van der Waals surface area contributed by atoms with Crippen LogP contribution in [-0.2, 0) is 18.3 Å². The third-order valence-corrected chi connectivity index (χ3v) is 2.61. The molecule has 0 N–H and O–H groups in total. The lowest BCUT2D eigenvalue weighted by atomic mass is 10.2. The van der Waals surface area contributed by atoms with E-state index in [1.165, 1.54) is 4.90 Å². The average molecular weight is 304 g/mol. The quantitative estimate of drug-likeness (QED) is 0.843. The normalized spacial score (nSPS) is 11.4. The lowest BCUT2D eigenvalue weighted by Crippen LogP contribution is -2.34. The van der Waals surface area contributed by atoms with Crippen LogP contribution >= 0.6 is 15.9 Å². The van der Waals surface area contributed by atoms with Crippen LogP contribution in [0.2, 0.25) is 0 Å². The Bertz CT molecular complexity index is 409. The summed E-state index contributed by atoms with van der Waals surface area (Å²) in [4.78, 5) is 13.2. The fraction of sp³-hybridized carbons (Fsp3) is 0.636. The minimum absolute atomic E-state index is 0.352. The van der Waals surface area contributed by atoms with Crippen LogP contribution in [-0.4, -0.2) is 33.4 Å². The first-order valence-corrected chi connectivity index (χ1v) is 6.10. The molecule has 1 rings (SSSR count). The minimum atomic E-state index is -0.479. The van der Waals surface area contributed by atoms with Gasteiger partial charge < -0.3 is 9.64 Å². The van der Waals surface area contributed by atoms with Crippen molar-refractivity contribution in [3.8, 4) is 0 Å². The predicted octanol–water partition coefficient (Wildman–Crippen LogP) is 2.55. The van der Waals surface area contributed by atoms with Gasteiger partial charge in [-0.1, -0.05) is 0 Å². The Balaban J connectivity index is 2.63. The van der Waals surface area contributed by atoms with Crippen molar-refractivity contribution < 1.29 is 9.53 Å². The zero-order valence-electron chi connectivity index (χ0n) is 10.8. The molecule has 5 nitrogen and oxygen atoms in total. The molecule has 0 aliphatic carbocycles. The highest BCUT2D eigenvalue weighted by Gasteiger charge is 2.20. The van der Waals surface area contributed by atoms with Crippen molar-refractivity contribution in [1.29, 1.82) is 0 Å². The molecule has 0 aromatic carbocycles. The van der Waals surface area contributed by atoms with Gasteiger partial charge >= 0.3 is 6.09 Å². The van der Waals surface area contributed by atoms with Gasteiger partial charge in [0, 0.05) is 20.3 Å². The van der Waals surface area contributed by atoms with Crippen LogP contribution in [0.15, 0.2) is 10.7 Å². The fourth-order valence-electron chi connectivity index (χ4n) is 1.24. The Morgan fingerprint density at radius 1 is 1.59 bits per heavy atom. The van der Waals surface area contributed by atoms with Gasteiger partial charge in [-0.15, -0.1) is 0 Å². The summed E-state index contributed by atoms with van der Waals surface area (Å²) >= 11 is 3.39. The lowest BCUT2D eigenvalue weighted by molar-refractivity contribution is 0.0282. The first-order chi connectivity index (χ1) is 7.69. The van der Waals surface area contributed by atoms with Crippen LogP contribution in [0.25, 0.3) is 0 Å². The van der Waals surface area contributed by atoms with Crippen molar-refractivity contribution >= 4 is 22.0 Å². The van der Waals surface area contributed by atoms with Gasteiger partial charge in [0.25, 0.3) is 0 Å². The number of ether oxygens (including phenoxy) is 1. The molecule has 0 bridgehead atoms. The van der Waals surface area contributed by atoms with Crippen LogP contribution in [0.5, 0.6) is 0 Å². The van der Waals surface area contributed by atoms with Gasteiger partial charge in [0.15, 0.2) is 0 Å². The Hall–Kier alpha value is -1.04. The van der Waals surface area contributed by atoms with E-state index in [2.05, 4.69) is 21.0 Å². The van der Waals surface area contributed by atoms with Gasteiger partial charge in [0.1, 0.15) is 5.60 Å². The molecular weight excluding hydrogens is 286 g/mol. The molecule has 0 radical (unpaired) electrons. The number of amides is 1. The maximum absolute atomic E-state index is 11.7. The summed E-state index contributed by atoms with van der Waals surface area (Å²) in [7, 11) is 3.52. The molecule has 0 saturated carbocycles. The van der Waals surface area contributed by atoms with Gasteiger partial charge in [-0.2, -0.15) is 5.10 Å². The van der Waals surface area contributed by atoms with Crippen LogP contribution in [0.1, 0.15) is 26.5 Å². The van der Waals surface area contributed by atoms with E-state index in [9.17, 15) is 4.79 Å². The van der Waals surface area contributed by atoms with E-state index in [1.807, 2.05) is 34.0 Å². The molecule has 96 valence electrons. The van der Waals surface area contributed by atoms with Gasteiger partial charge in [-0.05, 0) is 36.7 Å². The van der Waals surface area contributed by atoms with Gasteiger partial charge in [-0.3, -0.25) is 4.68 Å². The van der Waals surface area contributed by atoms with Crippen LogP contribution in [0.3, 0.4) is 0 Å². The van der Waals surface area contributed by atoms with Gasteiger partial charge in [0.05, 0.1) is 16.7 Å². The second-order valence-electron chi connectivity index (χ2n) is 4.93. The van der Waals surface area contributed by atoms with E-state index >= 15 is 0 Å². The van der Waals surface area contributed by atoms with Crippen LogP contribution in [0.4, 0.5) is 4.79 Å². The average Bonchev–Trinajstić information content (AvgIpc) is 2.42. The van der Waals surface area contributed by atoms with E-state index in [4.69, 9.17) is 4.74 Å². The highest BCUT2D eigenvalue weighted by molar-refractivity contribution is 9.10. The number of carbonyl (C=O) groups is 1. The topological polar surface area (TPSA) is 47.4 Å². The van der Waals surface area contributed by atoms with Gasteiger partial charge in [0.2, 0.25) is 0 Å². The molecule has 1 heterocycles. The maximum atomic E-state index is 11.7. The van der Waals surface area contributed by atoms with E-state index in [1.54, 1.807) is 11.7 Å². The second-order valence-corrected chi connectivity index (χ2v) is 5.79. The van der Waals surface area contributed by atoms with Crippen molar-refractivity contribution in [3.63, 3.8) is 0 Å². The van der Waals surface area contributed by atoms with Crippen LogP contribution < -0.4 is 0 Å². The third-order valence-electron chi connectivity index (χ3n) is 1.95. The minimum Gasteiger partial charge on any atom is -0.444 e. The Kier molecular flexibility index (Phi) is 4.19. The number of aryl methyl sites for hydroxylation is 1. The Morgan fingerprint density at radius 3 is 2.59 bits per heavy atom. The zero-order chi connectivity index (χ0) is 13.2. The summed E-state index contributed by atoms with van der Waals surface area (Å²) in [6.07, 6.45) is 1.49. The summed E-state index contributed by atoms with van der Waals surface area (Å²) in [5.74, 6) is 0. The van der Waals surface area contributed by atoms with E-state index < -0.39 is 5.60 Å². The summed E-state index contributed by atoms with van der Waals surface area (Å²) in [6.45, 7) is 5.94. The monoisotopic (exact) mass is 303 g/mol. The smallest absolute Gasteiger partial charge is 0.410 e. The third kappa shape index (κ3) is 4.38. The zero-order valence-corrected chi connectivity index (χ0v) is 12.4. The van der Waals surface area contributed by atoms with Crippen molar-refractivity contribution in [2.24, 2.45) is 7.05 Å². The molecule has 0 aliphatic heterocycles. The van der Waals surface area contributed by atoms with E-state index in [-0.39, 0.29) is 6.09 Å². The molecule has 0 aliphatic rings. The summed E-state index contributed by atoms with van der Waals surface area (Å²) in [5.41, 5.74) is 0.327. The van der Waals surface area contributed by atoms with E-state index in [0.29, 0.717) is 6.54 Å². The standard InChI is InChI=1S/C11H18BrN3O2/c1-11(2,3)17-10(16)14(4)7-9-8(12)6-15(5)13-9/h6H,7H2,1-5H3. The number of halogens is 1. The van der Waals surface area contributed by atoms with Crippen molar-refractivity contribution in [2.75, 3.05) is 7.05 Å². The first-order valence-electron chi connectivity index (χ1n) is 5.31. The molecule has 0 unspecified atom stereocenters. The predicted molar refractivity (Wildman–Crippen MR) is 68.6 cm³/mol. The first kappa shape index (κ1) is 14.0. The molecule has 0 atom stereocenters. The molecule has 1 aromatic heterocycles. The highest BCUT2D eigenvalue weighted by atomic mass is 79.9. The molecule has 0 fully saturated rings. The largest absolute Gasteiger partial charge is 0.444 e. The molecule has 17 heavy (non-hydrogen) atoms. The van der Waals surface area contributed by atoms with Crippen LogP contribution in [0, 0.1) is 0 Å². The lowest BCUT2D eigenvalue weighted by Gasteiger charge is -2.24. The Labute approximate surface area is 110 Å². The van der Waals surface area contributed by atoms with Crippen molar-refractivity contribution in [2.45, 2.75) is 32.9 Å². The fourth-order valence-corrected chi connectivity index (χ4v) is 1.74. The summed E-state index contributed by atoms with van der Waals surface area (Å²) in [5, 5.41) is 4.25. The molecule has 0 saturated heterocycles. The Morgan fingerprint density at radius 2 is 2.18 bits per heavy atom. The second kappa shape index (κ2) is 5.08. The molecule has 1 aromatic rings. The molecule has 0 spiro atoms. The molecule has 1 amide bonds. The number of carbonyl (C=O) groups excluding carboxylic acids is 1.